The number of carbonyl (C=O) groups is 4. The number of hydrogen-bond donors (Lipinski definition) is 3. The summed E-state index contributed by atoms with van der Waals surface area (Å²) in [6.07, 6.45) is 13.7. The molecule has 0 aromatic heterocycles. The molecule has 1 amide bonds. The molecule has 5 unspecified atom stereocenters. The first-order valence-corrected chi connectivity index (χ1v) is 18.0. The van der Waals surface area contributed by atoms with Gasteiger partial charge in [-0.25, -0.2) is 4.79 Å². The summed E-state index contributed by atoms with van der Waals surface area (Å²) in [5.41, 5.74) is -0.875. The molecule has 1 saturated carbocycles. The minimum atomic E-state index is -2.41. The van der Waals surface area contributed by atoms with Gasteiger partial charge in [-0.05, 0) is 115 Å². The second-order valence-electron chi connectivity index (χ2n) is 15.0. The number of rotatable bonds is 2. The van der Waals surface area contributed by atoms with E-state index in [9.17, 15) is 34.5 Å². The molecule has 1 aliphatic carbocycles. The van der Waals surface area contributed by atoms with Crippen LogP contribution in [0.5, 0.6) is 0 Å². The van der Waals surface area contributed by atoms with Gasteiger partial charge in [0.05, 0.1) is 18.3 Å². The first-order chi connectivity index (χ1) is 22.2. The van der Waals surface area contributed by atoms with Crippen molar-refractivity contribution in [1.29, 1.82) is 0 Å². The number of cyclic esters (lactones) is 1. The van der Waals surface area contributed by atoms with Gasteiger partial charge in [-0.3, -0.25) is 14.4 Å². The van der Waals surface area contributed by atoms with Crippen molar-refractivity contribution >= 4 is 23.4 Å². The van der Waals surface area contributed by atoms with Crippen molar-refractivity contribution in [2.24, 2.45) is 23.7 Å². The number of ketones is 2. The molecule has 0 radical (unpaired) electrons. The zero-order valence-corrected chi connectivity index (χ0v) is 28.8. The van der Waals surface area contributed by atoms with Crippen LogP contribution in [0.1, 0.15) is 118 Å². The standard InChI is InChI=1S/C37H57NO9/c1-24-12-7-5-6-8-15-29(39)26(3)32-19-16-25(2)37(45,46-32)33(42)34(43)38-21-10-9-14-28(38)35(44)47-36(4,20-11-13-24)23-27-17-18-30(40)31(41)22-27/h7-8,12,15,24-28,30-32,40-41,45H,5-6,9-11,13-14,16-23H2,1-4H3/b12-7+,15-8+/t24-,25-,26+,27?,28?,30-,31-,32?,36?,37?/m1/s1. The number of nitrogens with zero attached hydrogens (tertiary/aromatic N) is 1. The van der Waals surface area contributed by atoms with Crippen molar-refractivity contribution in [3.8, 4) is 0 Å². The van der Waals surface area contributed by atoms with Crippen molar-refractivity contribution in [3.63, 3.8) is 0 Å². The summed E-state index contributed by atoms with van der Waals surface area (Å²) >= 11 is 0. The maximum absolute atomic E-state index is 14.0. The van der Waals surface area contributed by atoms with Crippen LogP contribution in [0.2, 0.25) is 0 Å². The van der Waals surface area contributed by atoms with E-state index in [0.29, 0.717) is 76.5 Å². The van der Waals surface area contributed by atoms with Crippen LogP contribution < -0.4 is 0 Å². The van der Waals surface area contributed by atoms with Gasteiger partial charge >= 0.3 is 5.97 Å². The highest BCUT2D eigenvalue weighted by atomic mass is 16.6. The van der Waals surface area contributed by atoms with Gasteiger partial charge in [-0.1, -0.05) is 39.0 Å². The minimum Gasteiger partial charge on any atom is -0.458 e. The normalized spacial score (nSPS) is 42.0. The molecule has 2 saturated heterocycles. The van der Waals surface area contributed by atoms with Gasteiger partial charge in [0.1, 0.15) is 11.6 Å². The average Bonchev–Trinajstić information content (AvgIpc) is 3.04. The molecule has 47 heavy (non-hydrogen) atoms. The summed E-state index contributed by atoms with van der Waals surface area (Å²) in [6.45, 7) is 7.60. The number of piperidine rings is 1. The number of esters is 1. The third-order valence-corrected chi connectivity index (χ3v) is 11.0. The molecule has 0 aromatic rings. The number of hydrogen-bond acceptors (Lipinski definition) is 9. The fraction of sp³-hybridized carbons (Fsp3) is 0.784. The number of allylic oxidation sites excluding steroid dienone is 4. The van der Waals surface area contributed by atoms with Crippen LogP contribution in [0.15, 0.2) is 24.3 Å². The Hall–Kier alpha value is -2.40. The third kappa shape index (κ3) is 9.40. The summed E-state index contributed by atoms with van der Waals surface area (Å²) in [5, 5.41) is 32.0. The Morgan fingerprint density at radius 1 is 0.894 bits per heavy atom. The lowest BCUT2D eigenvalue weighted by molar-refractivity contribution is -0.268. The summed E-state index contributed by atoms with van der Waals surface area (Å²) in [6, 6.07) is -0.984. The zero-order chi connectivity index (χ0) is 34.4. The van der Waals surface area contributed by atoms with Crippen LogP contribution in [0, 0.1) is 23.7 Å². The molecule has 4 rings (SSSR count). The van der Waals surface area contributed by atoms with E-state index in [1.807, 2.05) is 13.0 Å². The van der Waals surface area contributed by atoms with E-state index >= 15 is 0 Å². The monoisotopic (exact) mass is 659 g/mol. The number of amides is 1. The van der Waals surface area contributed by atoms with Gasteiger partial charge in [0.15, 0.2) is 5.78 Å². The first-order valence-electron chi connectivity index (χ1n) is 18.0. The lowest BCUT2D eigenvalue weighted by Gasteiger charge is -2.43. The number of aliphatic hydroxyl groups excluding tert-OH is 2. The van der Waals surface area contributed by atoms with Crippen LogP contribution >= 0.6 is 0 Å². The van der Waals surface area contributed by atoms with Crippen molar-refractivity contribution in [3.05, 3.63) is 24.3 Å². The highest BCUT2D eigenvalue weighted by molar-refractivity contribution is 6.39. The molecular weight excluding hydrogens is 602 g/mol. The van der Waals surface area contributed by atoms with Gasteiger partial charge in [-0.2, -0.15) is 0 Å². The maximum Gasteiger partial charge on any atom is 0.329 e. The Bertz CT molecular complexity index is 1180. The van der Waals surface area contributed by atoms with Crippen molar-refractivity contribution in [1.82, 2.24) is 4.90 Å². The predicted molar refractivity (Wildman–Crippen MR) is 176 cm³/mol. The van der Waals surface area contributed by atoms with E-state index in [2.05, 4.69) is 19.1 Å². The van der Waals surface area contributed by atoms with Crippen molar-refractivity contribution < 1.29 is 44.0 Å². The van der Waals surface area contributed by atoms with Crippen molar-refractivity contribution in [2.75, 3.05) is 6.54 Å². The number of Topliss-reactive ketones (excluding diaryl/α,β-unsaturated/α-hetero) is 1. The number of ether oxygens (including phenoxy) is 2. The molecule has 3 aliphatic heterocycles. The van der Waals surface area contributed by atoms with Crippen LogP contribution in [0.4, 0.5) is 0 Å². The highest BCUT2D eigenvalue weighted by Crippen LogP contribution is 2.39. The molecule has 3 fully saturated rings. The van der Waals surface area contributed by atoms with Crippen LogP contribution in [-0.2, 0) is 28.7 Å². The summed E-state index contributed by atoms with van der Waals surface area (Å²) in [7, 11) is 0. The molecule has 0 spiro atoms. The molecule has 3 N–H and O–H groups in total. The van der Waals surface area contributed by atoms with Crippen molar-refractivity contribution in [2.45, 2.75) is 153 Å². The molecule has 264 valence electrons. The third-order valence-electron chi connectivity index (χ3n) is 11.0. The average molecular weight is 660 g/mol. The molecule has 2 bridgehead atoms. The SMILES string of the molecule is C[C@@H]1/C=C/CC/C=C/C(=O)[C@H](C)C2CC[C@@H](C)C(O)(O2)C(=O)C(=O)N2CCCCC2C(=O)OC(C)(CC2CC[C@@H](O)[C@H](O)C2)CCC1. The summed E-state index contributed by atoms with van der Waals surface area (Å²) in [5.74, 6) is -6.20. The molecule has 0 aromatic carbocycles. The van der Waals surface area contributed by atoms with Gasteiger partial charge in [0, 0.05) is 18.4 Å². The van der Waals surface area contributed by atoms with E-state index in [-0.39, 0.29) is 18.2 Å². The molecule has 10 heteroatoms. The van der Waals surface area contributed by atoms with E-state index < -0.39 is 65.2 Å². The zero-order valence-electron chi connectivity index (χ0n) is 28.8. The minimum absolute atomic E-state index is 0.0576. The van der Waals surface area contributed by atoms with Crippen LogP contribution in [0.3, 0.4) is 0 Å². The molecule has 10 nitrogen and oxygen atoms in total. The number of fused-ring (bicyclic) bond motifs is 3. The number of aliphatic hydroxyl groups is 3. The first kappa shape index (κ1) is 37.4. The molecular formula is C37H57NO9. The van der Waals surface area contributed by atoms with Gasteiger partial charge in [0.25, 0.3) is 11.7 Å². The summed E-state index contributed by atoms with van der Waals surface area (Å²) < 4.78 is 12.3. The Morgan fingerprint density at radius 2 is 1.64 bits per heavy atom. The second-order valence-corrected chi connectivity index (χ2v) is 15.0. The van der Waals surface area contributed by atoms with Gasteiger partial charge < -0.3 is 29.7 Å². The van der Waals surface area contributed by atoms with Gasteiger partial charge in [0.2, 0.25) is 5.79 Å². The molecule has 10 atom stereocenters. The highest BCUT2D eigenvalue weighted by Gasteiger charge is 2.54. The second kappa shape index (κ2) is 16.3. The Balaban J connectivity index is 1.61. The van der Waals surface area contributed by atoms with E-state index in [0.717, 1.165) is 19.3 Å². The smallest absolute Gasteiger partial charge is 0.329 e. The van der Waals surface area contributed by atoms with E-state index in [4.69, 9.17) is 9.47 Å². The fourth-order valence-corrected chi connectivity index (χ4v) is 7.82. The quantitative estimate of drug-likeness (QED) is 0.220. The largest absolute Gasteiger partial charge is 0.458 e. The predicted octanol–water partition coefficient (Wildman–Crippen LogP) is 4.57. The van der Waals surface area contributed by atoms with Gasteiger partial charge in [-0.15, -0.1) is 0 Å². The molecule has 4 aliphatic rings. The number of carbonyl (C=O) groups excluding carboxylic acids is 4. The Labute approximate surface area is 279 Å². The van der Waals surface area contributed by atoms with Crippen LogP contribution in [0.25, 0.3) is 0 Å². The Kier molecular flexibility index (Phi) is 13.0. The summed E-state index contributed by atoms with van der Waals surface area (Å²) in [4.78, 5) is 55.8. The van der Waals surface area contributed by atoms with E-state index in [1.54, 1.807) is 13.8 Å². The molecule has 3 heterocycles. The van der Waals surface area contributed by atoms with Crippen LogP contribution in [-0.4, -0.2) is 85.9 Å². The maximum atomic E-state index is 14.0. The lowest BCUT2D eigenvalue weighted by Crippen LogP contribution is -2.61. The van der Waals surface area contributed by atoms with E-state index in [1.165, 1.54) is 11.0 Å². The topological polar surface area (TPSA) is 151 Å². The Morgan fingerprint density at radius 3 is 2.38 bits per heavy atom. The lowest BCUT2D eigenvalue weighted by atomic mass is 9.77. The fourth-order valence-electron chi connectivity index (χ4n) is 7.82.